The van der Waals surface area contributed by atoms with Crippen molar-refractivity contribution in [3.05, 3.63) is 0 Å². The minimum atomic E-state index is 0.675. The van der Waals surface area contributed by atoms with E-state index in [0.29, 0.717) is 4.83 Å². The van der Waals surface area contributed by atoms with E-state index in [1.807, 2.05) is 0 Å². The predicted molar refractivity (Wildman–Crippen MR) is 33.3 cm³/mol. The number of nitrogens with one attached hydrogen (secondary N) is 2. The summed E-state index contributed by atoms with van der Waals surface area (Å²) in [6, 6.07) is 0. The van der Waals surface area contributed by atoms with Crippen molar-refractivity contribution < 1.29 is 0 Å². The molecule has 7 heavy (non-hydrogen) atoms. The van der Waals surface area contributed by atoms with Crippen LogP contribution in [0.15, 0.2) is 0 Å². The van der Waals surface area contributed by atoms with E-state index in [0.717, 1.165) is 13.1 Å². The Balaban J connectivity index is 2.12. The number of hydrogen-bond acceptors (Lipinski definition) is 2. The largest absolute Gasteiger partial charge is 0.258 e. The highest BCUT2D eigenvalue weighted by Gasteiger charge is 2.06. The summed E-state index contributed by atoms with van der Waals surface area (Å²) in [5.74, 6) is 0. The molecule has 0 saturated carbocycles. The van der Waals surface area contributed by atoms with Gasteiger partial charge in [0.05, 0.1) is 0 Å². The molecule has 0 radical (unpaired) electrons. The predicted octanol–water partition coefficient (Wildman–Crippen LogP) is 0.248. The summed E-state index contributed by atoms with van der Waals surface area (Å²) in [7, 11) is 0. The minimum absolute atomic E-state index is 0.675. The average molecular weight is 165 g/mol. The molecule has 0 aromatic rings. The van der Waals surface area contributed by atoms with E-state index in [1.54, 1.807) is 0 Å². The molecule has 0 aromatic carbocycles. The molecule has 42 valence electrons. The van der Waals surface area contributed by atoms with Crippen LogP contribution in [0.3, 0.4) is 0 Å². The van der Waals surface area contributed by atoms with Gasteiger partial charge in [-0.25, -0.2) is 0 Å². The van der Waals surface area contributed by atoms with Crippen molar-refractivity contribution in [3.63, 3.8) is 0 Å². The number of rotatable bonds is 0. The zero-order valence-electron chi connectivity index (χ0n) is 4.08. The molecule has 1 rings (SSSR count). The third kappa shape index (κ3) is 1.76. The lowest BCUT2D eigenvalue weighted by Gasteiger charge is -2.17. The Kier molecular flexibility index (Phi) is 2.09. The van der Waals surface area contributed by atoms with Gasteiger partial charge < -0.3 is 0 Å². The average Bonchev–Trinajstić information content (AvgIpc) is 1.69. The molecule has 0 spiro atoms. The van der Waals surface area contributed by atoms with E-state index in [-0.39, 0.29) is 0 Å². The van der Waals surface area contributed by atoms with Crippen LogP contribution in [0.1, 0.15) is 6.42 Å². The van der Waals surface area contributed by atoms with Gasteiger partial charge in [-0.05, 0) is 6.42 Å². The Labute approximate surface area is 51.8 Å². The third-order valence-corrected chi connectivity index (χ3v) is 1.81. The zero-order valence-corrected chi connectivity index (χ0v) is 5.66. The molecule has 0 aliphatic carbocycles. The van der Waals surface area contributed by atoms with Crippen LogP contribution in [-0.2, 0) is 0 Å². The van der Waals surface area contributed by atoms with Crippen molar-refractivity contribution >= 4 is 15.9 Å². The van der Waals surface area contributed by atoms with Crippen LogP contribution in [0, 0.1) is 0 Å². The summed E-state index contributed by atoms with van der Waals surface area (Å²) in [6.45, 7) is 2.12. The first-order valence-electron chi connectivity index (χ1n) is 2.49. The maximum Gasteiger partial charge on any atom is 0.0297 e. The number of hydrazine groups is 1. The molecule has 1 heterocycles. The minimum Gasteiger partial charge on any atom is -0.258 e. The first kappa shape index (κ1) is 5.54. The summed E-state index contributed by atoms with van der Waals surface area (Å²) < 4.78 is 0. The first-order valence-corrected chi connectivity index (χ1v) is 3.41. The summed E-state index contributed by atoms with van der Waals surface area (Å²) in [4.78, 5) is 0.675. The van der Waals surface area contributed by atoms with E-state index >= 15 is 0 Å². The van der Waals surface area contributed by atoms with Crippen LogP contribution in [-0.4, -0.2) is 17.9 Å². The molecule has 0 aromatic heterocycles. The summed E-state index contributed by atoms with van der Waals surface area (Å²) in [5.41, 5.74) is 6.07. The van der Waals surface area contributed by atoms with Crippen LogP contribution >= 0.6 is 15.9 Å². The van der Waals surface area contributed by atoms with E-state index in [9.17, 15) is 0 Å². The molecule has 1 aliphatic rings. The second-order valence-corrected chi connectivity index (χ2v) is 2.99. The van der Waals surface area contributed by atoms with Gasteiger partial charge in [-0.1, -0.05) is 15.9 Å². The quantitative estimate of drug-likeness (QED) is 0.502. The van der Waals surface area contributed by atoms with Crippen molar-refractivity contribution in [2.45, 2.75) is 11.2 Å². The van der Waals surface area contributed by atoms with Crippen molar-refractivity contribution in [2.24, 2.45) is 0 Å². The number of alkyl halides is 1. The first-order chi connectivity index (χ1) is 3.39. The van der Waals surface area contributed by atoms with E-state index in [4.69, 9.17) is 0 Å². The monoisotopic (exact) mass is 164 g/mol. The van der Waals surface area contributed by atoms with E-state index in [2.05, 4.69) is 26.8 Å². The Morgan fingerprint density at radius 3 is 2.57 bits per heavy atom. The molecule has 0 bridgehead atoms. The maximum absolute atomic E-state index is 3.49. The van der Waals surface area contributed by atoms with Gasteiger partial charge in [0.2, 0.25) is 0 Å². The van der Waals surface area contributed by atoms with E-state index in [1.165, 1.54) is 6.42 Å². The van der Waals surface area contributed by atoms with Crippen LogP contribution < -0.4 is 10.9 Å². The number of hydrogen-bond donors (Lipinski definition) is 2. The van der Waals surface area contributed by atoms with Gasteiger partial charge in [0, 0.05) is 17.9 Å². The fourth-order valence-corrected chi connectivity index (χ4v) is 0.993. The fraction of sp³-hybridized carbons (Fsp3) is 1.00. The van der Waals surface area contributed by atoms with Gasteiger partial charge in [0.1, 0.15) is 0 Å². The van der Waals surface area contributed by atoms with Crippen LogP contribution in [0.25, 0.3) is 0 Å². The van der Waals surface area contributed by atoms with Gasteiger partial charge in [-0.2, -0.15) is 0 Å². The van der Waals surface area contributed by atoms with Gasteiger partial charge in [-0.15, -0.1) is 0 Å². The topological polar surface area (TPSA) is 24.1 Å². The number of halogens is 1. The Morgan fingerprint density at radius 1 is 1.43 bits per heavy atom. The lowest BCUT2D eigenvalue weighted by Crippen LogP contribution is -2.43. The van der Waals surface area contributed by atoms with Crippen molar-refractivity contribution in [1.82, 2.24) is 10.9 Å². The van der Waals surface area contributed by atoms with E-state index < -0.39 is 0 Å². The highest BCUT2D eigenvalue weighted by atomic mass is 79.9. The maximum atomic E-state index is 3.49. The molecule has 1 saturated heterocycles. The molecule has 1 aliphatic heterocycles. The van der Waals surface area contributed by atoms with Gasteiger partial charge in [0.25, 0.3) is 0 Å². The Bertz CT molecular complexity index is 51.7. The molecule has 1 unspecified atom stereocenters. The lowest BCUT2D eigenvalue weighted by atomic mass is 10.3. The van der Waals surface area contributed by atoms with Crippen LogP contribution in [0.2, 0.25) is 0 Å². The highest BCUT2D eigenvalue weighted by molar-refractivity contribution is 9.09. The van der Waals surface area contributed by atoms with Crippen LogP contribution in [0.5, 0.6) is 0 Å². The van der Waals surface area contributed by atoms with Gasteiger partial charge >= 0.3 is 0 Å². The third-order valence-electron chi connectivity index (χ3n) is 1.03. The van der Waals surface area contributed by atoms with Crippen molar-refractivity contribution in [1.29, 1.82) is 0 Å². The van der Waals surface area contributed by atoms with Crippen molar-refractivity contribution in [3.8, 4) is 0 Å². The normalized spacial score (nSPS) is 33.0. The molecular weight excluding hydrogens is 156 g/mol. The van der Waals surface area contributed by atoms with Crippen LogP contribution in [0.4, 0.5) is 0 Å². The summed E-state index contributed by atoms with van der Waals surface area (Å²) in [6.07, 6.45) is 1.23. The molecular formula is C4H9BrN2. The Hall–Kier alpha value is 0.400. The standard InChI is InChI=1S/C4H9BrN2/c5-4-1-2-6-7-3-4/h4,6-7H,1-3H2. The Morgan fingerprint density at radius 2 is 2.29 bits per heavy atom. The molecule has 2 nitrogen and oxygen atoms in total. The van der Waals surface area contributed by atoms with Gasteiger partial charge in [-0.3, -0.25) is 10.9 Å². The second-order valence-electron chi connectivity index (χ2n) is 1.69. The smallest absolute Gasteiger partial charge is 0.0297 e. The van der Waals surface area contributed by atoms with Crippen molar-refractivity contribution in [2.75, 3.05) is 13.1 Å². The molecule has 0 amide bonds. The second kappa shape index (κ2) is 2.64. The molecule has 3 heteroatoms. The lowest BCUT2D eigenvalue weighted by molar-refractivity contribution is 0.455. The summed E-state index contributed by atoms with van der Waals surface area (Å²) >= 11 is 3.49. The summed E-state index contributed by atoms with van der Waals surface area (Å²) in [5, 5.41) is 0. The molecule has 2 N–H and O–H groups in total. The van der Waals surface area contributed by atoms with Gasteiger partial charge in [0.15, 0.2) is 0 Å². The highest BCUT2D eigenvalue weighted by Crippen LogP contribution is 2.03. The molecule has 1 fully saturated rings. The fourth-order valence-electron chi connectivity index (χ4n) is 0.602. The molecule has 1 atom stereocenters. The zero-order chi connectivity index (χ0) is 5.11. The SMILES string of the molecule is BrC1CCNNC1.